The number of ether oxygens (including phenoxy) is 2. The van der Waals surface area contributed by atoms with Gasteiger partial charge in [-0.1, -0.05) is 30.7 Å². The van der Waals surface area contributed by atoms with Crippen LogP contribution in [0.5, 0.6) is 11.8 Å². The first-order valence-corrected chi connectivity index (χ1v) is 16.5. The SMILES string of the molecule is [2H]C([2H])(F)Oc1c(F)ccc2cccc(-c3ncc4c(N5CCCC[C@H]6[C@H](F)[C@H]65)nc(OC[C@]56C/C(=C\F)CN5CCC65CC5)nc4c3F)c12. The van der Waals surface area contributed by atoms with Crippen LogP contribution in [0.4, 0.5) is 27.8 Å². The lowest BCUT2D eigenvalue weighted by Gasteiger charge is -2.37. The van der Waals surface area contributed by atoms with Gasteiger partial charge in [0, 0.05) is 36.2 Å². The summed E-state index contributed by atoms with van der Waals surface area (Å²) in [7, 11) is 0. The van der Waals surface area contributed by atoms with Crippen molar-refractivity contribution in [1.82, 2.24) is 19.9 Å². The molecule has 9 rings (SSSR count). The number of fused-ring (bicyclic) bond motifs is 5. The minimum Gasteiger partial charge on any atom is -0.461 e. The van der Waals surface area contributed by atoms with Crippen LogP contribution in [-0.2, 0) is 0 Å². The quantitative estimate of drug-likeness (QED) is 0.188. The van der Waals surface area contributed by atoms with E-state index in [0.29, 0.717) is 42.6 Å². The van der Waals surface area contributed by atoms with Crippen LogP contribution in [0.3, 0.4) is 0 Å². The summed E-state index contributed by atoms with van der Waals surface area (Å²) in [5.41, 5.74) is -0.118. The molecule has 2 aromatic heterocycles. The van der Waals surface area contributed by atoms with Crippen LogP contribution in [0.15, 0.2) is 48.4 Å². The number of rotatable bonds is 7. The number of halogens is 5. The van der Waals surface area contributed by atoms with Crippen LogP contribution in [0.1, 0.15) is 47.7 Å². The second kappa shape index (κ2) is 11.0. The van der Waals surface area contributed by atoms with Crippen molar-refractivity contribution in [3.8, 4) is 23.0 Å². The van der Waals surface area contributed by atoms with Gasteiger partial charge in [0.1, 0.15) is 32.5 Å². The summed E-state index contributed by atoms with van der Waals surface area (Å²) in [5.74, 6) is -2.53. The number of nitrogens with zero attached hydrogens (tertiary/aromatic N) is 5. The zero-order valence-electron chi connectivity index (χ0n) is 28.0. The number of hydrogen-bond acceptors (Lipinski definition) is 7. The topological polar surface area (TPSA) is 63.6 Å². The highest BCUT2D eigenvalue weighted by Gasteiger charge is 2.67. The van der Waals surface area contributed by atoms with Crippen molar-refractivity contribution in [3.63, 3.8) is 0 Å². The van der Waals surface area contributed by atoms with Gasteiger partial charge in [-0.05, 0) is 67.5 Å². The molecule has 4 atom stereocenters. The number of alkyl halides is 2. The molecule has 1 spiro atoms. The molecule has 2 saturated carbocycles. The summed E-state index contributed by atoms with van der Waals surface area (Å²) in [6, 6.07) is 6.50. The van der Waals surface area contributed by atoms with E-state index in [1.54, 1.807) is 12.1 Å². The van der Waals surface area contributed by atoms with E-state index in [2.05, 4.69) is 14.9 Å². The number of hydrogen-bond donors (Lipinski definition) is 0. The van der Waals surface area contributed by atoms with Gasteiger partial charge in [0.25, 0.3) is 0 Å². The van der Waals surface area contributed by atoms with E-state index in [1.165, 1.54) is 18.3 Å². The third kappa shape index (κ3) is 4.36. The molecule has 3 saturated heterocycles. The van der Waals surface area contributed by atoms with Crippen LogP contribution < -0.4 is 14.4 Å². The standard InChI is InChI=1S/C36H34F5N5O2/c37-15-20-14-36(35(9-10-35)11-13-45(36)17-20)18-47-34-43-30-24(33(44-34)46-12-2-1-5-23-27(40)31(23)46)16-42-29(28(30)41)22-6-3-4-21-7-8-25(39)32(26(21)22)48-19-38/h3-4,6-8,15-16,23,27,31H,1-2,5,9-14,17-19H2/b20-15+/t23-,27-,31-,36-/m0/s1/i19D2. The van der Waals surface area contributed by atoms with Crippen LogP contribution in [0.2, 0.25) is 0 Å². The lowest BCUT2D eigenvalue weighted by atomic mass is 9.80. The Kier molecular flexibility index (Phi) is 6.37. The molecule has 5 fully saturated rings. The predicted molar refractivity (Wildman–Crippen MR) is 170 cm³/mol. The van der Waals surface area contributed by atoms with Crippen molar-refractivity contribution >= 4 is 27.5 Å². The van der Waals surface area contributed by atoms with Crippen LogP contribution in [0, 0.1) is 23.0 Å². The lowest BCUT2D eigenvalue weighted by molar-refractivity contribution is 0.0649. The van der Waals surface area contributed by atoms with E-state index in [9.17, 15) is 8.78 Å². The van der Waals surface area contributed by atoms with Gasteiger partial charge < -0.3 is 14.4 Å². The minimum absolute atomic E-state index is 0.00591. The third-order valence-electron chi connectivity index (χ3n) is 11.7. The van der Waals surface area contributed by atoms with Crippen LogP contribution in [0.25, 0.3) is 32.9 Å². The van der Waals surface area contributed by atoms with E-state index in [4.69, 9.17) is 17.2 Å². The van der Waals surface area contributed by atoms with E-state index in [0.717, 1.165) is 51.1 Å². The summed E-state index contributed by atoms with van der Waals surface area (Å²) in [5, 5.41) is 0.499. The molecule has 48 heavy (non-hydrogen) atoms. The summed E-state index contributed by atoms with van der Waals surface area (Å²) in [4.78, 5) is 17.9. The first-order valence-electron chi connectivity index (χ1n) is 17.5. The molecule has 2 aliphatic carbocycles. The van der Waals surface area contributed by atoms with Crippen molar-refractivity contribution in [1.29, 1.82) is 0 Å². The van der Waals surface area contributed by atoms with Gasteiger partial charge in [-0.25, -0.2) is 22.0 Å². The van der Waals surface area contributed by atoms with Gasteiger partial charge >= 0.3 is 6.01 Å². The summed E-state index contributed by atoms with van der Waals surface area (Å²) in [6.07, 6.45) is 6.94. The Morgan fingerprint density at radius 3 is 2.75 bits per heavy atom. The Morgan fingerprint density at radius 1 is 1.06 bits per heavy atom. The Labute approximate surface area is 276 Å². The molecule has 3 aliphatic heterocycles. The molecular formula is C36H34F5N5O2. The maximum Gasteiger partial charge on any atom is 0.319 e. The molecule has 12 heteroatoms. The molecule has 5 aliphatic rings. The van der Waals surface area contributed by atoms with E-state index < -0.39 is 41.9 Å². The second-order valence-corrected chi connectivity index (χ2v) is 14.0. The average Bonchev–Trinajstić information content (AvgIpc) is 3.96. The van der Waals surface area contributed by atoms with Crippen molar-refractivity contribution in [2.24, 2.45) is 11.3 Å². The Morgan fingerprint density at radius 2 is 1.94 bits per heavy atom. The molecule has 5 heterocycles. The van der Waals surface area contributed by atoms with Gasteiger partial charge in [-0.2, -0.15) is 9.97 Å². The van der Waals surface area contributed by atoms with E-state index in [-0.39, 0.29) is 51.5 Å². The summed E-state index contributed by atoms with van der Waals surface area (Å²) < 4.78 is 101. The predicted octanol–water partition coefficient (Wildman–Crippen LogP) is 7.62. The maximum absolute atomic E-state index is 17.0. The van der Waals surface area contributed by atoms with Gasteiger partial charge in [0.2, 0.25) is 6.81 Å². The first kappa shape index (κ1) is 27.8. The van der Waals surface area contributed by atoms with Crippen LogP contribution in [-0.4, -0.2) is 70.7 Å². The fourth-order valence-corrected chi connectivity index (χ4v) is 9.01. The largest absolute Gasteiger partial charge is 0.461 e. The molecule has 4 aromatic rings. The maximum atomic E-state index is 17.0. The third-order valence-corrected chi connectivity index (χ3v) is 11.7. The molecule has 7 nitrogen and oxygen atoms in total. The molecule has 0 amide bonds. The number of anilines is 1. The van der Waals surface area contributed by atoms with Crippen molar-refractivity contribution in [2.75, 3.05) is 38.0 Å². The number of benzene rings is 2. The van der Waals surface area contributed by atoms with Crippen LogP contribution >= 0.6 is 0 Å². The van der Waals surface area contributed by atoms with E-state index >= 15 is 13.2 Å². The zero-order valence-corrected chi connectivity index (χ0v) is 26.0. The average molecular weight is 666 g/mol. The highest BCUT2D eigenvalue weighted by Crippen LogP contribution is 2.66. The van der Waals surface area contributed by atoms with E-state index in [1.807, 2.05) is 4.90 Å². The fraction of sp³-hybridized carbons (Fsp3) is 0.472. The summed E-state index contributed by atoms with van der Waals surface area (Å²) >= 11 is 0. The summed E-state index contributed by atoms with van der Waals surface area (Å²) in [6.45, 7) is -1.71. The molecule has 2 aromatic carbocycles. The van der Waals surface area contributed by atoms with Gasteiger partial charge in [0.05, 0.1) is 23.3 Å². The number of pyridine rings is 1. The van der Waals surface area contributed by atoms with Gasteiger partial charge in [-0.15, -0.1) is 0 Å². The minimum atomic E-state index is -3.72. The smallest absolute Gasteiger partial charge is 0.319 e. The normalized spacial score (nSPS) is 29.1. The van der Waals surface area contributed by atoms with Crippen molar-refractivity contribution < 1.29 is 34.2 Å². The highest BCUT2D eigenvalue weighted by atomic mass is 19.1. The fourth-order valence-electron chi connectivity index (χ4n) is 9.01. The second-order valence-electron chi connectivity index (χ2n) is 14.0. The molecule has 0 radical (unpaired) electrons. The first-order chi connectivity index (χ1) is 24.0. The Balaban J connectivity index is 1.19. The molecule has 250 valence electrons. The molecule has 0 bridgehead atoms. The Bertz CT molecular complexity index is 2080. The van der Waals surface area contributed by atoms with Crippen molar-refractivity contribution in [2.45, 2.75) is 62.7 Å². The van der Waals surface area contributed by atoms with Gasteiger partial charge in [-0.3, -0.25) is 9.88 Å². The Hall–Kier alpha value is -4.06. The monoisotopic (exact) mass is 665 g/mol. The number of aromatic nitrogens is 3. The molecule has 0 unspecified atom stereocenters. The molecular weight excluding hydrogens is 629 g/mol. The highest BCUT2D eigenvalue weighted by molar-refractivity contribution is 6.02. The lowest BCUT2D eigenvalue weighted by Crippen LogP contribution is -2.49. The van der Waals surface area contributed by atoms with Gasteiger partial charge in [0.15, 0.2) is 17.4 Å². The van der Waals surface area contributed by atoms with Crippen molar-refractivity contribution in [3.05, 3.63) is 60.1 Å². The molecule has 0 N–H and O–H groups in total. The zero-order chi connectivity index (χ0) is 34.6.